The monoisotopic (exact) mass is 158 g/mol. The van der Waals surface area contributed by atoms with Gasteiger partial charge in [-0.2, -0.15) is 0 Å². The molecule has 1 aliphatic rings. The van der Waals surface area contributed by atoms with E-state index < -0.39 is 0 Å². The maximum Gasteiger partial charge on any atom is 0.160 e. The van der Waals surface area contributed by atoms with Crippen molar-refractivity contribution < 1.29 is 4.79 Å². The average molecular weight is 158 g/mol. The molecule has 0 fully saturated rings. The Morgan fingerprint density at radius 2 is 2.08 bits per heavy atom. The maximum atomic E-state index is 11.1. The van der Waals surface area contributed by atoms with Crippen LogP contribution in [0, 0.1) is 6.92 Å². The quantitative estimate of drug-likeness (QED) is 0.565. The van der Waals surface area contributed by atoms with Gasteiger partial charge in [0.05, 0.1) is 0 Å². The van der Waals surface area contributed by atoms with E-state index in [4.69, 9.17) is 0 Å². The second kappa shape index (κ2) is 2.59. The van der Waals surface area contributed by atoms with Crippen molar-refractivity contribution in [2.45, 2.75) is 13.3 Å². The SMILES string of the molecule is Cc1ccc2c(c1)CC(=O)C=C2. The van der Waals surface area contributed by atoms with Gasteiger partial charge in [0.2, 0.25) is 0 Å². The highest BCUT2D eigenvalue weighted by Crippen LogP contribution is 2.18. The third-order valence-corrected chi connectivity index (χ3v) is 2.11. The molecule has 1 aromatic rings. The molecular formula is C11H10O. The summed E-state index contributed by atoms with van der Waals surface area (Å²) in [5, 5.41) is 0. The standard InChI is InChI=1S/C11H10O/c1-8-2-3-9-4-5-11(12)7-10(9)6-8/h2-6H,7H2,1H3. The Morgan fingerprint density at radius 3 is 2.92 bits per heavy atom. The minimum Gasteiger partial charge on any atom is -0.294 e. The third kappa shape index (κ3) is 1.18. The summed E-state index contributed by atoms with van der Waals surface area (Å²) in [6, 6.07) is 6.21. The lowest BCUT2D eigenvalue weighted by atomic mass is 9.95. The van der Waals surface area contributed by atoms with Crippen LogP contribution in [0.5, 0.6) is 0 Å². The zero-order chi connectivity index (χ0) is 8.55. The minimum atomic E-state index is 0.202. The van der Waals surface area contributed by atoms with Gasteiger partial charge in [-0.25, -0.2) is 0 Å². The molecule has 0 radical (unpaired) electrons. The summed E-state index contributed by atoms with van der Waals surface area (Å²) in [6.07, 6.45) is 4.10. The van der Waals surface area contributed by atoms with Gasteiger partial charge in [-0.1, -0.05) is 29.8 Å². The molecule has 0 heterocycles. The van der Waals surface area contributed by atoms with Crippen LogP contribution in [0.2, 0.25) is 0 Å². The van der Waals surface area contributed by atoms with Crippen molar-refractivity contribution in [3.63, 3.8) is 0 Å². The molecule has 0 atom stereocenters. The highest BCUT2D eigenvalue weighted by molar-refractivity contribution is 5.98. The predicted octanol–water partition coefficient (Wildman–Crippen LogP) is 2.13. The van der Waals surface area contributed by atoms with Crippen molar-refractivity contribution in [2.24, 2.45) is 0 Å². The number of allylic oxidation sites excluding steroid dienone is 1. The Balaban J connectivity index is 2.54. The van der Waals surface area contributed by atoms with E-state index in [1.165, 1.54) is 11.1 Å². The highest BCUT2D eigenvalue weighted by atomic mass is 16.1. The molecule has 60 valence electrons. The number of ketones is 1. The van der Waals surface area contributed by atoms with E-state index in [1.54, 1.807) is 6.08 Å². The zero-order valence-corrected chi connectivity index (χ0v) is 7.00. The fraction of sp³-hybridized carbons (Fsp3) is 0.182. The van der Waals surface area contributed by atoms with Gasteiger partial charge in [0.1, 0.15) is 0 Å². The number of aryl methyl sites for hydroxylation is 1. The van der Waals surface area contributed by atoms with Crippen molar-refractivity contribution in [1.29, 1.82) is 0 Å². The third-order valence-electron chi connectivity index (χ3n) is 2.11. The van der Waals surface area contributed by atoms with E-state index in [0.717, 1.165) is 5.56 Å². The topological polar surface area (TPSA) is 17.1 Å². The summed E-state index contributed by atoms with van der Waals surface area (Å²) in [7, 11) is 0. The van der Waals surface area contributed by atoms with E-state index in [-0.39, 0.29) is 5.78 Å². The smallest absolute Gasteiger partial charge is 0.160 e. The Morgan fingerprint density at radius 1 is 1.25 bits per heavy atom. The molecule has 0 amide bonds. The zero-order valence-electron chi connectivity index (χ0n) is 7.00. The molecule has 0 spiro atoms. The lowest BCUT2D eigenvalue weighted by molar-refractivity contribution is -0.114. The number of carbonyl (C=O) groups is 1. The Labute approximate surface area is 71.7 Å². The summed E-state index contributed by atoms with van der Waals surface area (Å²) in [4.78, 5) is 11.1. The summed E-state index contributed by atoms with van der Waals surface area (Å²) >= 11 is 0. The molecule has 12 heavy (non-hydrogen) atoms. The number of rotatable bonds is 0. The van der Waals surface area contributed by atoms with E-state index >= 15 is 0 Å². The van der Waals surface area contributed by atoms with Gasteiger partial charge in [-0.15, -0.1) is 0 Å². The molecule has 0 aliphatic heterocycles. The van der Waals surface area contributed by atoms with Gasteiger partial charge in [0.25, 0.3) is 0 Å². The van der Waals surface area contributed by atoms with Crippen LogP contribution in [-0.4, -0.2) is 5.78 Å². The molecule has 0 saturated heterocycles. The van der Waals surface area contributed by atoms with E-state index in [0.29, 0.717) is 6.42 Å². The first-order chi connectivity index (χ1) is 5.75. The van der Waals surface area contributed by atoms with Gasteiger partial charge < -0.3 is 0 Å². The summed E-state index contributed by atoms with van der Waals surface area (Å²) in [5.41, 5.74) is 3.56. The van der Waals surface area contributed by atoms with E-state index in [1.807, 2.05) is 13.0 Å². The number of fused-ring (bicyclic) bond motifs is 1. The number of benzene rings is 1. The first-order valence-corrected chi connectivity index (χ1v) is 4.06. The second-order valence-electron chi connectivity index (χ2n) is 3.18. The number of carbonyl (C=O) groups excluding carboxylic acids is 1. The molecule has 1 aliphatic carbocycles. The Bertz CT molecular complexity index is 361. The molecule has 0 bridgehead atoms. The van der Waals surface area contributed by atoms with Gasteiger partial charge >= 0.3 is 0 Å². The number of hydrogen-bond acceptors (Lipinski definition) is 1. The van der Waals surface area contributed by atoms with Crippen molar-refractivity contribution in [3.8, 4) is 0 Å². The van der Waals surface area contributed by atoms with Crippen molar-refractivity contribution >= 4 is 11.9 Å². The fourth-order valence-electron chi connectivity index (χ4n) is 1.48. The lowest BCUT2D eigenvalue weighted by Gasteiger charge is -2.09. The van der Waals surface area contributed by atoms with Crippen LogP contribution in [0.1, 0.15) is 16.7 Å². The van der Waals surface area contributed by atoms with E-state index in [2.05, 4.69) is 18.2 Å². The van der Waals surface area contributed by atoms with Crippen LogP contribution in [0.15, 0.2) is 24.3 Å². The van der Waals surface area contributed by atoms with Crippen LogP contribution < -0.4 is 0 Å². The molecule has 1 aromatic carbocycles. The van der Waals surface area contributed by atoms with Crippen LogP contribution >= 0.6 is 0 Å². The molecule has 1 nitrogen and oxygen atoms in total. The van der Waals surface area contributed by atoms with Crippen LogP contribution in [0.3, 0.4) is 0 Å². The second-order valence-corrected chi connectivity index (χ2v) is 3.18. The Kier molecular flexibility index (Phi) is 1.58. The molecule has 1 heteroatoms. The molecular weight excluding hydrogens is 148 g/mol. The molecule has 2 rings (SSSR count). The van der Waals surface area contributed by atoms with Gasteiger partial charge in [-0.3, -0.25) is 4.79 Å². The van der Waals surface area contributed by atoms with E-state index in [9.17, 15) is 4.79 Å². The summed E-state index contributed by atoms with van der Waals surface area (Å²) < 4.78 is 0. The minimum absolute atomic E-state index is 0.202. The molecule has 0 saturated carbocycles. The van der Waals surface area contributed by atoms with Crippen molar-refractivity contribution in [2.75, 3.05) is 0 Å². The Hall–Kier alpha value is -1.37. The molecule has 0 N–H and O–H groups in total. The average Bonchev–Trinajstić information content (AvgIpc) is 2.03. The summed E-state index contributed by atoms with van der Waals surface area (Å²) in [5.74, 6) is 0.202. The summed E-state index contributed by atoms with van der Waals surface area (Å²) in [6.45, 7) is 2.04. The first kappa shape index (κ1) is 7.29. The maximum absolute atomic E-state index is 11.1. The molecule has 0 aromatic heterocycles. The van der Waals surface area contributed by atoms with Crippen LogP contribution in [0.25, 0.3) is 6.08 Å². The lowest BCUT2D eigenvalue weighted by Crippen LogP contribution is -2.05. The highest BCUT2D eigenvalue weighted by Gasteiger charge is 2.09. The van der Waals surface area contributed by atoms with Gasteiger partial charge in [0.15, 0.2) is 5.78 Å². The normalized spacial score (nSPS) is 14.6. The molecule has 0 unspecified atom stereocenters. The van der Waals surface area contributed by atoms with Crippen molar-refractivity contribution in [1.82, 2.24) is 0 Å². The van der Waals surface area contributed by atoms with Crippen LogP contribution in [0.4, 0.5) is 0 Å². The fourth-order valence-corrected chi connectivity index (χ4v) is 1.48. The van der Waals surface area contributed by atoms with Gasteiger partial charge in [0, 0.05) is 6.42 Å². The van der Waals surface area contributed by atoms with Crippen LogP contribution in [-0.2, 0) is 11.2 Å². The predicted molar refractivity (Wildman–Crippen MR) is 48.9 cm³/mol. The first-order valence-electron chi connectivity index (χ1n) is 4.06. The number of hydrogen-bond donors (Lipinski definition) is 0. The largest absolute Gasteiger partial charge is 0.294 e. The van der Waals surface area contributed by atoms with Gasteiger partial charge in [-0.05, 0) is 24.1 Å². The van der Waals surface area contributed by atoms with Crippen molar-refractivity contribution in [3.05, 3.63) is 41.0 Å².